The predicted molar refractivity (Wildman–Crippen MR) is 75.5 cm³/mol. The largest absolute Gasteiger partial charge is 0.416 e. The first kappa shape index (κ1) is 16.7. The number of carbonyl (C=O) groups is 1. The number of hydrogen-bond acceptors (Lipinski definition) is 5. The monoisotopic (exact) mass is 344 g/mol. The van der Waals surface area contributed by atoms with Crippen molar-refractivity contribution in [1.82, 2.24) is 19.5 Å². The molecular formula is C14H15F3N4O3. The number of fused-ring (bicyclic) bond motifs is 1. The van der Waals surface area contributed by atoms with Crippen molar-refractivity contribution in [2.75, 3.05) is 26.3 Å². The second kappa shape index (κ2) is 6.36. The maximum absolute atomic E-state index is 12.8. The molecule has 0 spiro atoms. The normalized spacial score (nSPS) is 19.0. The van der Waals surface area contributed by atoms with Gasteiger partial charge in [0.05, 0.1) is 19.3 Å². The van der Waals surface area contributed by atoms with Crippen LogP contribution in [0.4, 0.5) is 13.2 Å². The molecule has 1 aliphatic heterocycles. The minimum atomic E-state index is -4.52. The Labute approximate surface area is 134 Å². The molecule has 1 fully saturated rings. The Morgan fingerprint density at radius 3 is 2.92 bits per heavy atom. The van der Waals surface area contributed by atoms with E-state index in [1.807, 2.05) is 0 Å². The molecule has 2 aromatic heterocycles. The fraction of sp³-hybridized carbons (Fsp3) is 0.500. The first-order valence-corrected chi connectivity index (χ1v) is 7.31. The lowest BCUT2D eigenvalue weighted by Crippen LogP contribution is -2.51. The smallest absolute Gasteiger partial charge is 0.396 e. The summed E-state index contributed by atoms with van der Waals surface area (Å²) in [4.78, 5) is 17.8. The van der Waals surface area contributed by atoms with E-state index in [0.29, 0.717) is 6.42 Å². The van der Waals surface area contributed by atoms with Gasteiger partial charge in [0.1, 0.15) is 5.56 Å². The Morgan fingerprint density at radius 1 is 1.42 bits per heavy atom. The number of rotatable bonds is 3. The Morgan fingerprint density at radius 2 is 2.21 bits per heavy atom. The Bertz CT molecular complexity index is 746. The van der Waals surface area contributed by atoms with Crippen LogP contribution in [0.25, 0.3) is 5.65 Å². The van der Waals surface area contributed by atoms with Crippen LogP contribution in [0.1, 0.15) is 15.9 Å². The summed E-state index contributed by atoms with van der Waals surface area (Å²) in [5.41, 5.74) is 1.13. The molecule has 0 aliphatic carbocycles. The Kier molecular flexibility index (Phi) is 4.41. The van der Waals surface area contributed by atoms with Crippen LogP contribution in [0.2, 0.25) is 0 Å². The molecule has 3 heterocycles. The number of amides is 1. The van der Waals surface area contributed by atoms with E-state index in [1.54, 1.807) is 6.20 Å². The number of nitrogens with zero attached hydrogens (tertiary/aromatic N) is 4. The summed E-state index contributed by atoms with van der Waals surface area (Å²) >= 11 is 0. The van der Waals surface area contributed by atoms with Crippen molar-refractivity contribution in [3.63, 3.8) is 0 Å². The molecule has 1 N–H and O–H groups in total. The maximum Gasteiger partial charge on any atom is 0.416 e. The van der Waals surface area contributed by atoms with E-state index in [4.69, 9.17) is 9.84 Å². The number of halogens is 3. The highest BCUT2D eigenvalue weighted by Gasteiger charge is 2.44. The van der Waals surface area contributed by atoms with Crippen LogP contribution in [0.5, 0.6) is 0 Å². The van der Waals surface area contributed by atoms with Crippen LogP contribution >= 0.6 is 0 Å². The van der Waals surface area contributed by atoms with Crippen LogP contribution < -0.4 is 0 Å². The van der Waals surface area contributed by atoms with E-state index in [1.165, 1.54) is 16.9 Å². The number of ether oxygens (including phenoxy) is 1. The Hall–Kier alpha value is -2.20. The van der Waals surface area contributed by atoms with Crippen molar-refractivity contribution in [2.45, 2.75) is 18.7 Å². The molecule has 0 radical (unpaired) electrons. The molecule has 24 heavy (non-hydrogen) atoms. The molecule has 1 saturated heterocycles. The van der Waals surface area contributed by atoms with Gasteiger partial charge in [0.15, 0.2) is 11.8 Å². The zero-order valence-corrected chi connectivity index (χ0v) is 12.5. The van der Waals surface area contributed by atoms with E-state index >= 15 is 0 Å². The fourth-order valence-electron chi connectivity index (χ4n) is 2.52. The van der Waals surface area contributed by atoms with Crippen LogP contribution in [-0.4, -0.2) is 69.1 Å². The van der Waals surface area contributed by atoms with Gasteiger partial charge in [0, 0.05) is 25.5 Å². The van der Waals surface area contributed by atoms with Crippen molar-refractivity contribution < 1.29 is 27.8 Å². The first-order chi connectivity index (χ1) is 11.4. The third-order valence-electron chi connectivity index (χ3n) is 3.76. The van der Waals surface area contributed by atoms with Crippen molar-refractivity contribution >= 4 is 11.6 Å². The van der Waals surface area contributed by atoms with Crippen molar-refractivity contribution in [1.29, 1.82) is 0 Å². The SMILES string of the molecule is O=C(c1cnn2cc(CCO)cnc12)N1CCO[C@H](C(F)(F)F)C1. The lowest BCUT2D eigenvalue weighted by atomic mass is 10.2. The quantitative estimate of drug-likeness (QED) is 0.885. The molecule has 7 nitrogen and oxygen atoms in total. The van der Waals surface area contributed by atoms with Gasteiger partial charge in [-0.25, -0.2) is 9.50 Å². The molecule has 130 valence electrons. The highest BCUT2D eigenvalue weighted by atomic mass is 19.4. The zero-order valence-electron chi connectivity index (χ0n) is 12.5. The van der Waals surface area contributed by atoms with Crippen molar-refractivity contribution in [3.05, 3.63) is 29.7 Å². The molecule has 1 aliphatic rings. The van der Waals surface area contributed by atoms with Crippen molar-refractivity contribution in [3.8, 4) is 0 Å². The number of aliphatic hydroxyl groups excluding tert-OH is 1. The minimum Gasteiger partial charge on any atom is -0.396 e. The van der Waals surface area contributed by atoms with Crippen molar-refractivity contribution in [2.24, 2.45) is 0 Å². The lowest BCUT2D eigenvalue weighted by molar-refractivity contribution is -0.233. The average Bonchev–Trinajstić information content (AvgIpc) is 2.97. The van der Waals surface area contributed by atoms with Crippen LogP contribution in [0.15, 0.2) is 18.6 Å². The standard InChI is InChI=1S/C14H15F3N4O3/c15-14(16,17)11-8-20(2-4-24-11)13(23)10-6-19-21-7-9(1-3-22)5-18-12(10)21/h5-7,11,22H,1-4,8H2/t11-/m0/s1. The predicted octanol–water partition coefficient (Wildman–Crippen LogP) is 0.667. The third-order valence-corrected chi connectivity index (χ3v) is 3.76. The zero-order chi connectivity index (χ0) is 17.3. The summed E-state index contributed by atoms with van der Waals surface area (Å²) in [6.07, 6.45) is -1.71. The van der Waals surface area contributed by atoms with Gasteiger partial charge in [0.2, 0.25) is 0 Å². The highest BCUT2D eigenvalue weighted by Crippen LogP contribution is 2.26. The topological polar surface area (TPSA) is 80.0 Å². The average molecular weight is 344 g/mol. The first-order valence-electron chi connectivity index (χ1n) is 7.31. The second-order valence-electron chi connectivity index (χ2n) is 5.41. The molecular weight excluding hydrogens is 329 g/mol. The summed E-state index contributed by atoms with van der Waals surface area (Å²) in [5.74, 6) is -0.565. The number of alkyl halides is 3. The van der Waals surface area contributed by atoms with Crippen LogP contribution in [0, 0.1) is 0 Å². The molecule has 0 aromatic carbocycles. The van der Waals surface area contributed by atoms with Gasteiger partial charge in [-0.3, -0.25) is 4.79 Å². The second-order valence-corrected chi connectivity index (χ2v) is 5.41. The van der Waals surface area contributed by atoms with Gasteiger partial charge < -0.3 is 14.7 Å². The van der Waals surface area contributed by atoms with E-state index in [0.717, 1.165) is 10.5 Å². The lowest BCUT2D eigenvalue weighted by Gasteiger charge is -2.33. The maximum atomic E-state index is 12.8. The van der Waals surface area contributed by atoms with Crippen LogP contribution in [0.3, 0.4) is 0 Å². The molecule has 1 atom stereocenters. The summed E-state index contributed by atoms with van der Waals surface area (Å²) in [5, 5.41) is 12.9. The Balaban J connectivity index is 1.83. The summed E-state index contributed by atoms with van der Waals surface area (Å²) in [6.45, 7) is -0.705. The molecule has 0 bridgehead atoms. The number of morpholine rings is 1. The van der Waals surface area contributed by atoms with E-state index < -0.39 is 24.7 Å². The van der Waals surface area contributed by atoms with Gasteiger partial charge in [-0.1, -0.05) is 0 Å². The summed E-state index contributed by atoms with van der Waals surface area (Å²) in [6, 6.07) is 0. The van der Waals surface area contributed by atoms with Crippen LogP contribution in [-0.2, 0) is 11.2 Å². The molecule has 3 rings (SSSR count). The van der Waals surface area contributed by atoms with Gasteiger partial charge >= 0.3 is 6.18 Å². The minimum absolute atomic E-state index is 0.0488. The molecule has 0 saturated carbocycles. The summed E-state index contributed by atoms with van der Waals surface area (Å²) in [7, 11) is 0. The third kappa shape index (κ3) is 3.20. The molecule has 2 aromatic rings. The number of carbonyl (C=O) groups excluding carboxylic acids is 1. The van der Waals surface area contributed by atoms with Gasteiger partial charge in [-0.05, 0) is 12.0 Å². The van der Waals surface area contributed by atoms with E-state index in [-0.39, 0.29) is 31.0 Å². The number of aromatic nitrogens is 3. The van der Waals surface area contributed by atoms with Gasteiger partial charge in [0.25, 0.3) is 5.91 Å². The van der Waals surface area contributed by atoms with Gasteiger partial charge in [-0.2, -0.15) is 18.3 Å². The number of aliphatic hydroxyl groups is 1. The number of hydrogen-bond donors (Lipinski definition) is 1. The summed E-state index contributed by atoms with van der Waals surface area (Å²) < 4.78 is 44.4. The molecule has 1 amide bonds. The molecule has 10 heteroatoms. The fourth-order valence-corrected chi connectivity index (χ4v) is 2.52. The highest BCUT2D eigenvalue weighted by molar-refractivity contribution is 5.99. The van der Waals surface area contributed by atoms with Gasteiger partial charge in [-0.15, -0.1) is 0 Å². The van der Waals surface area contributed by atoms with E-state index in [9.17, 15) is 18.0 Å². The van der Waals surface area contributed by atoms with E-state index in [2.05, 4.69) is 10.1 Å². The molecule has 0 unspecified atom stereocenters.